The van der Waals surface area contributed by atoms with Crippen molar-refractivity contribution in [3.05, 3.63) is 23.9 Å². The van der Waals surface area contributed by atoms with Crippen molar-refractivity contribution < 1.29 is 9.84 Å². The van der Waals surface area contributed by atoms with Crippen molar-refractivity contribution in [2.24, 2.45) is 0 Å². The Morgan fingerprint density at radius 2 is 1.94 bits per heavy atom. The van der Waals surface area contributed by atoms with Crippen LogP contribution in [0, 0.1) is 0 Å². The number of ether oxygens (including phenoxy) is 1. The second-order valence-corrected chi connectivity index (χ2v) is 5.55. The monoisotopic (exact) mass is 247 g/mol. The lowest BCUT2D eigenvalue weighted by atomic mass is 9.89. The lowest BCUT2D eigenvalue weighted by Crippen LogP contribution is -2.17. The molecule has 1 heterocycles. The molecule has 1 N–H and O–H groups in total. The third kappa shape index (κ3) is 1.74. The summed E-state index contributed by atoms with van der Waals surface area (Å²) < 4.78 is 7.42. The predicted octanol–water partition coefficient (Wildman–Crippen LogP) is 3.67. The van der Waals surface area contributed by atoms with Crippen molar-refractivity contribution in [2.45, 2.75) is 39.7 Å². The van der Waals surface area contributed by atoms with Crippen LogP contribution in [0.25, 0.3) is 10.8 Å². The number of methoxy groups -OCH3 is 1. The Labute approximate surface area is 108 Å². The van der Waals surface area contributed by atoms with Crippen molar-refractivity contribution in [3.8, 4) is 11.6 Å². The van der Waals surface area contributed by atoms with Gasteiger partial charge in [-0.05, 0) is 19.1 Å². The molecule has 0 spiro atoms. The molecule has 0 aliphatic heterocycles. The van der Waals surface area contributed by atoms with Gasteiger partial charge in [-0.3, -0.25) is 0 Å². The molecule has 0 saturated carbocycles. The van der Waals surface area contributed by atoms with Gasteiger partial charge < -0.3 is 14.4 Å². The average Bonchev–Trinajstić information content (AvgIpc) is 2.62. The standard InChI is InChI=1S/C15H21NO2/c1-6-16-13(15(2,3)4)12-10(14(16)17)8-7-9-11(12)18-5/h7-9,17H,6H2,1-5H3. The van der Waals surface area contributed by atoms with Crippen LogP contribution in [0.15, 0.2) is 18.2 Å². The summed E-state index contributed by atoms with van der Waals surface area (Å²) in [5, 5.41) is 12.2. The zero-order valence-electron chi connectivity index (χ0n) is 11.7. The van der Waals surface area contributed by atoms with Gasteiger partial charge in [0, 0.05) is 28.4 Å². The van der Waals surface area contributed by atoms with E-state index in [-0.39, 0.29) is 5.41 Å². The highest BCUT2D eigenvalue weighted by Gasteiger charge is 2.27. The fourth-order valence-corrected chi connectivity index (χ4v) is 2.61. The van der Waals surface area contributed by atoms with E-state index in [1.165, 1.54) is 0 Å². The normalized spacial score (nSPS) is 12.1. The second kappa shape index (κ2) is 4.23. The minimum absolute atomic E-state index is 0.0517. The molecule has 0 amide bonds. The molecule has 1 aromatic carbocycles. The molecule has 0 aliphatic carbocycles. The molecule has 0 bridgehead atoms. The molecule has 2 rings (SSSR count). The van der Waals surface area contributed by atoms with Gasteiger partial charge in [0.15, 0.2) is 5.88 Å². The summed E-state index contributed by atoms with van der Waals surface area (Å²) in [6.45, 7) is 9.25. The van der Waals surface area contributed by atoms with Crippen molar-refractivity contribution in [1.29, 1.82) is 0 Å². The molecule has 0 saturated heterocycles. The highest BCUT2D eigenvalue weighted by atomic mass is 16.5. The van der Waals surface area contributed by atoms with Gasteiger partial charge in [-0.2, -0.15) is 0 Å². The molecular formula is C15H21NO2. The quantitative estimate of drug-likeness (QED) is 0.878. The number of aromatic hydroxyl groups is 1. The summed E-state index contributed by atoms with van der Waals surface area (Å²) >= 11 is 0. The Morgan fingerprint density at radius 1 is 1.28 bits per heavy atom. The van der Waals surface area contributed by atoms with Gasteiger partial charge in [0.2, 0.25) is 0 Å². The van der Waals surface area contributed by atoms with Crippen LogP contribution in [0.2, 0.25) is 0 Å². The summed E-state index contributed by atoms with van der Waals surface area (Å²) in [6.07, 6.45) is 0. The van der Waals surface area contributed by atoms with Crippen molar-refractivity contribution in [1.82, 2.24) is 4.57 Å². The van der Waals surface area contributed by atoms with Gasteiger partial charge in [-0.15, -0.1) is 0 Å². The molecule has 1 aromatic heterocycles. The highest BCUT2D eigenvalue weighted by Crippen LogP contribution is 2.42. The Morgan fingerprint density at radius 3 is 2.44 bits per heavy atom. The van der Waals surface area contributed by atoms with E-state index in [1.54, 1.807) is 7.11 Å². The number of benzene rings is 1. The smallest absolute Gasteiger partial charge is 0.199 e. The third-order valence-electron chi connectivity index (χ3n) is 3.28. The molecule has 0 fully saturated rings. The fourth-order valence-electron chi connectivity index (χ4n) is 2.61. The lowest BCUT2D eigenvalue weighted by molar-refractivity contribution is 0.406. The maximum atomic E-state index is 10.4. The van der Waals surface area contributed by atoms with Gasteiger partial charge in [-0.25, -0.2) is 0 Å². The molecule has 0 radical (unpaired) electrons. The minimum atomic E-state index is -0.0517. The molecule has 3 heteroatoms. The first kappa shape index (κ1) is 12.8. The largest absolute Gasteiger partial charge is 0.496 e. The van der Waals surface area contributed by atoms with Gasteiger partial charge >= 0.3 is 0 Å². The van der Waals surface area contributed by atoms with Crippen LogP contribution in [0.5, 0.6) is 11.6 Å². The maximum absolute atomic E-state index is 10.4. The van der Waals surface area contributed by atoms with Gasteiger partial charge in [0.1, 0.15) is 5.75 Å². The fraction of sp³-hybridized carbons (Fsp3) is 0.467. The van der Waals surface area contributed by atoms with Gasteiger partial charge in [0.25, 0.3) is 0 Å². The van der Waals surface area contributed by atoms with E-state index < -0.39 is 0 Å². The topological polar surface area (TPSA) is 34.4 Å². The molecule has 0 unspecified atom stereocenters. The van der Waals surface area contributed by atoms with E-state index in [9.17, 15) is 5.11 Å². The number of aromatic nitrogens is 1. The summed E-state index contributed by atoms with van der Waals surface area (Å²) in [4.78, 5) is 0. The molecule has 3 nitrogen and oxygen atoms in total. The zero-order chi connectivity index (χ0) is 13.5. The van der Waals surface area contributed by atoms with Crippen LogP contribution in [-0.4, -0.2) is 16.8 Å². The van der Waals surface area contributed by atoms with Crippen molar-refractivity contribution in [3.63, 3.8) is 0 Å². The van der Waals surface area contributed by atoms with Crippen LogP contribution in [-0.2, 0) is 12.0 Å². The SMILES string of the molecule is CCn1c(O)c2cccc(OC)c2c1C(C)(C)C. The average molecular weight is 247 g/mol. The van der Waals surface area contributed by atoms with E-state index in [2.05, 4.69) is 20.8 Å². The van der Waals surface area contributed by atoms with Crippen LogP contribution in [0.1, 0.15) is 33.4 Å². The second-order valence-electron chi connectivity index (χ2n) is 5.55. The summed E-state index contributed by atoms with van der Waals surface area (Å²) in [5.41, 5.74) is 1.07. The number of hydrogen-bond donors (Lipinski definition) is 1. The summed E-state index contributed by atoms with van der Waals surface area (Å²) in [5.74, 6) is 1.15. The van der Waals surface area contributed by atoms with Crippen molar-refractivity contribution >= 4 is 10.8 Å². The minimum Gasteiger partial charge on any atom is -0.496 e. The third-order valence-corrected chi connectivity index (χ3v) is 3.28. The number of nitrogens with zero attached hydrogens (tertiary/aromatic N) is 1. The molecule has 0 aliphatic rings. The van der Waals surface area contributed by atoms with E-state index in [4.69, 9.17) is 4.74 Å². The number of rotatable bonds is 2. The van der Waals surface area contributed by atoms with Gasteiger partial charge in [0.05, 0.1) is 7.11 Å². The first-order valence-electron chi connectivity index (χ1n) is 6.30. The van der Waals surface area contributed by atoms with Crippen LogP contribution in [0.4, 0.5) is 0 Å². The Hall–Kier alpha value is -1.64. The first-order valence-corrected chi connectivity index (χ1v) is 6.30. The molecule has 18 heavy (non-hydrogen) atoms. The number of fused-ring (bicyclic) bond motifs is 1. The highest BCUT2D eigenvalue weighted by molar-refractivity contribution is 5.96. The van der Waals surface area contributed by atoms with Crippen LogP contribution < -0.4 is 4.74 Å². The lowest BCUT2D eigenvalue weighted by Gasteiger charge is -2.22. The molecule has 2 aromatic rings. The zero-order valence-corrected chi connectivity index (χ0v) is 11.7. The Kier molecular flexibility index (Phi) is 3.01. The van der Waals surface area contributed by atoms with Crippen LogP contribution >= 0.6 is 0 Å². The van der Waals surface area contributed by atoms with E-state index >= 15 is 0 Å². The molecule has 98 valence electrons. The first-order chi connectivity index (χ1) is 8.41. The Balaban J connectivity index is 2.96. The molecule has 0 atom stereocenters. The summed E-state index contributed by atoms with van der Waals surface area (Å²) in [7, 11) is 1.67. The molecular weight excluding hydrogens is 226 g/mol. The van der Waals surface area contributed by atoms with Gasteiger partial charge in [-0.1, -0.05) is 26.8 Å². The Bertz CT molecular complexity index is 576. The maximum Gasteiger partial charge on any atom is 0.199 e. The van der Waals surface area contributed by atoms with Crippen molar-refractivity contribution in [2.75, 3.05) is 7.11 Å². The summed E-state index contributed by atoms with van der Waals surface area (Å²) in [6, 6.07) is 5.79. The van der Waals surface area contributed by atoms with E-state index in [0.717, 1.165) is 28.8 Å². The van der Waals surface area contributed by atoms with E-state index in [1.807, 2.05) is 29.7 Å². The predicted molar refractivity (Wildman–Crippen MR) is 74.5 cm³/mol. The number of hydrogen-bond acceptors (Lipinski definition) is 2. The van der Waals surface area contributed by atoms with E-state index in [0.29, 0.717) is 5.88 Å². The van der Waals surface area contributed by atoms with Crippen LogP contribution in [0.3, 0.4) is 0 Å².